The standard InChI is InChI=1S/C19H20O7S/c1-13-9-11-16(12-10-13)27(22,23)26-18(19(21)24-3)17(25-14(2)20)15-7-5-4-6-8-15/h4-12,17-18H,1-3H3/t17-,18+/m1/s1. The summed E-state index contributed by atoms with van der Waals surface area (Å²) in [5, 5.41) is 0. The molecule has 0 aromatic heterocycles. The molecule has 0 fully saturated rings. The lowest BCUT2D eigenvalue weighted by Gasteiger charge is -2.24. The molecule has 7 nitrogen and oxygen atoms in total. The van der Waals surface area contributed by atoms with E-state index in [9.17, 15) is 18.0 Å². The second kappa shape index (κ2) is 8.79. The Balaban J connectivity index is 2.44. The van der Waals surface area contributed by atoms with E-state index in [-0.39, 0.29) is 4.90 Å². The Morgan fingerprint density at radius 1 is 0.963 bits per heavy atom. The van der Waals surface area contributed by atoms with E-state index >= 15 is 0 Å². The summed E-state index contributed by atoms with van der Waals surface area (Å²) in [4.78, 5) is 23.7. The van der Waals surface area contributed by atoms with Gasteiger partial charge in [0, 0.05) is 6.92 Å². The van der Waals surface area contributed by atoms with Crippen LogP contribution in [-0.2, 0) is 33.4 Å². The van der Waals surface area contributed by atoms with E-state index in [1.54, 1.807) is 49.4 Å². The molecule has 0 N–H and O–H groups in total. The van der Waals surface area contributed by atoms with Crippen molar-refractivity contribution >= 4 is 22.1 Å². The van der Waals surface area contributed by atoms with Gasteiger partial charge in [-0.15, -0.1) is 0 Å². The van der Waals surface area contributed by atoms with Gasteiger partial charge in [-0.25, -0.2) is 8.98 Å². The van der Waals surface area contributed by atoms with E-state index in [4.69, 9.17) is 8.92 Å². The number of esters is 2. The lowest BCUT2D eigenvalue weighted by molar-refractivity contribution is -0.164. The number of ether oxygens (including phenoxy) is 2. The smallest absolute Gasteiger partial charge is 0.340 e. The van der Waals surface area contributed by atoms with Crippen LogP contribution in [0.15, 0.2) is 59.5 Å². The van der Waals surface area contributed by atoms with Crippen LogP contribution in [0.1, 0.15) is 24.2 Å². The summed E-state index contributed by atoms with van der Waals surface area (Å²) in [5.41, 5.74) is 1.25. The van der Waals surface area contributed by atoms with Gasteiger partial charge < -0.3 is 9.47 Å². The highest BCUT2D eigenvalue weighted by atomic mass is 32.2. The molecule has 0 spiro atoms. The van der Waals surface area contributed by atoms with Gasteiger partial charge in [0.2, 0.25) is 6.10 Å². The maximum atomic E-state index is 12.6. The number of hydrogen-bond acceptors (Lipinski definition) is 7. The minimum absolute atomic E-state index is 0.128. The summed E-state index contributed by atoms with van der Waals surface area (Å²) in [7, 11) is -3.22. The average molecular weight is 392 g/mol. The highest BCUT2D eigenvalue weighted by Gasteiger charge is 2.38. The first-order valence-electron chi connectivity index (χ1n) is 8.04. The molecule has 2 aromatic rings. The van der Waals surface area contributed by atoms with E-state index in [0.717, 1.165) is 19.6 Å². The van der Waals surface area contributed by atoms with Crippen LogP contribution in [0.2, 0.25) is 0 Å². The van der Waals surface area contributed by atoms with Crippen LogP contribution < -0.4 is 0 Å². The van der Waals surface area contributed by atoms with Gasteiger partial charge in [0.05, 0.1) is 12.0 Å². The molecule has 27 heavy (non-hydrogen) atoms. The molecule has 2 aromatic carbocycles. The molecule has 0 aliphatic heterocycles. The first-order valence-corrected chi connectivity index (χ1v) is 9.45. The molecule has 8 heteroatoms. The number of methoxy groups -OCH3 is 1. The molecule has 0 saturated heterocycles. The third-order valence-electron chi connectivity index (χ3n) is 3.67. The van der Waals surface area contributed by atoms with Crippen molar-refractivity contribution in [1.82, 2.24) is 0 Å². The molecular weight excluding hydrogens is 372 g/mol. The summed E-state index contributed by atoms with van der Waals surface area (Å²) >= 11 is 0. The minimum Gasteiger partial charge on any atom is -0.467 e. The maximum Gasteiger partial charge on any atom is 0.340 e. The van der Waals surface area contributed by atoms with Crippen LogP contribution in [0, 0.1) is 6.92 Å². The first-order chi connectivity index (χ1) is 12.7. The monoisotopic (exact) mass is 392 g/mol. The van der Waals surface area contributed by atoms with Crippen molar-refractivity contribution in [1.29, 1.82) is 0 Å². The molecule has 0 amide bonds. The van der Waals surface area contributed by atoms with E-state index in [1.165, 1.54) is 12.1 Å². The van der Waals surface area contributed by atoms with Crippen LogP contribution >= 0.6 is 0 Å². The predicted octanol–water partition coefficient (Wildman–Crippen LogP) is 2.55. The molecule has 0 heterocycles. The van der Waals surface area contributed by atoms with Crippen molar-refractivity contribution in [2.75, 3.05) is 7.11 Å². The summed E-state index contributed by atoms with van der Waals surface area (Å²) in [6, 6.07) is 14.2. The summed E-state index contributed by atoms with van der Waals surface area (Å²) < 4.78 is 40.3. The molecule has 0 radical (unpaired) electrons. The highest BCUT2D eigenvalue weighted by molar-refractivity contribution is 7.86. The number of carbonyl (C=O) groups excluding carboxylic acids is 2. The molecule has 2 atom stereocenters. The number of benzene rings is 2. The van der Waals surface area contributed by atoms with Crippen LogP contribution in [0.5, 0.6) is 0 Å². The SMILES string of the molecule is COC(=O)[C@@H](OS(=O)(=O)c1ccc(C)cc1)[C@H](OC(C)=O)c1ccccc1. The lowest BCUT2D eigenvalue weighted by atomic mass is 10.0. The Morgan fingerprint density at radius 2 is 1.56 bits per heavy atom. The van der Waals surface area contributed by atoms with Crippen molar-refractivity contribution in [2.24, 2.45) is 0 Å². The van der Waals surface area contributed by atoms with Crippen molar-refractivity contribution < 1.29 is 31.7 Å². The van der Waals surface area contributed by atoms with Crippen LogP contribution in [0.25, 0.3) is 0 Å². The Labute approximate surface area is 158 Å². The Bertz CT molecular complexity index is 889. The van der Waals surface area contributed by atoms with Crippen molar-refractivity contribution in [3.8, 4) is 0 Å². The van der Waals surface area contributed by atoms with Gasteiger partial charge >= 0.3 is 11.9 Å². The maximum absolute atomic E-state index is 12.6. The van der Waals surface area contributed by atoms with E-state index in [1.807, 2.05) is 0 Å². The zero-order valence-corrected chi connectivity index (χ0v) is 15.9. The third-order valence-corrected chi connectivity index (χ3v) is 4.98. The Morgan fingerprint density at radius 3 is 2.07 bits per heavy atom. The van der Waals surface area contributed by atoms with Crippen LogP contribution in [0.4, 0.5) is 0 Å². The highest BCUT2D eigenvalue weighted by Crippen LogP contribution is 2.28. The fourth-order valence-corrected chi connectivity index (χ4v) is 3.39. The van der Waals surface area contributed by atoms with Gasteiger partial charge in [-0.05, 0) is 24.6 Å². The number of rotatable bonds is 7. The lowest BCUT2D eigenvalue weighted by Crippen LogP contribution is -2.36. The zero-order valence-electron chi connectivity index (χ0n) is 15.1. The van der Waals surface area contributed by atoms with E-state index in [0.29, 0.717) is 5.56 Å². The number of aryl methyl sites for hydroxylation is 1. The van der Waals surface area contributed by atoms with E-state index in [2.05, 4.69) is 4.74 Å². The molecule has 0 aliphatic rings. The fourth-order valence-electron chi connectivity index (χ4n) is 2.35. The molecule has 144 valence electrons. The van der Waals surface area contributed by atoms with Crippen molar-refractivity contribution in [3.05, 3.63) is 65.7 Å². The minimum atomic E-state index is -4.31. The van der Waals surface area contributed by atoms with Crippen molar-refractivity contribution in [3.63, 3.8) is 0 Å². The molecule has 2 rings (SSSR count). The first kappa shape index (κ1) is 20.6. The molecule has 0 bridgehead atoms. The summed E-state index contributed by atoms with van der Waals surface area (Å²) in [5.74, 6) is -1.69. The predicted molar refractivity (Wildman–Crippen MR) is 96.2 cm³/mol. The largest absolute Gasteiger partial charge is 0.467 e. The van der Waals surface area contributed by atoms with Gasteiger partial charge in [0.1, 0.15) is 0 Å². The topological polar surface area (TPSA) is 96.0 Å². The summed E-state index contributed by atoms with van der Waals surface area (Å²) in [6.07, 6.45) is -3.00. The normalized spacial score (nSPS) is 13.4. The number of hydrogen-bond donors (Lipinski definition) is 0. The average Bonchev–Trinajstić information content (AvgIpc) is 2.64. The van der Waals surface area contributed by atoms with Crippen LogP contribution in [-0.4, -0.2) is 33.6 Å². The van der Waals surface area contributed by atoms with E-state index < -0.39 is 34.3 Å². The van der Waals surface area contributed by atoms with Crippen LogP contribution in [0.3, 0.4) is 0 Å². The molecule has 0 unspecified atom stereocenters. The quantitative estimate of drug-likeness (QED) is 0.528. The van der Waals surface area contributed by atoms with Gasteiger partial charge in [-0.1, -0.05) is 48.0 Å². The second-order valence-electron chi connectivity index (χ2n) is 5.75. The van der Waals surface area contributed by atoms with Gasteiger partial charge in [-0.2, -0.15) is 8.42 Å². The Hall–Kier alpha value is -2.71. The van der Waals surface area contributed by atoms with Gasteiger partial charge in [0.15, 0.2) is 6.10 Å². The summed E-state index contributed by atoms with van der Waals surface area (Å²) in [6.45, 7) is 2.96. The molecule has 0 saturated carbocycles. The number of carbonyl (C=O) groups is 2. The van der Waals surface area contributed by atoms with Gasteiger partial charge in [0.25, 0.3) is 10.1 Å². The fraction of sp³-hybridized carbons (Fsp3) is 0.263. The Kier molecular flexibility index (Phi) is 6.70. The second-order valence-corrected chi connectivity index (χ2v) is 7.32. The third kappa shape index (κ3) is 5.38. The zero-order chi connectivity index (χ0) is 20.0. The van der Waals surface area contributed by atoms with Crippen molar-refractivity contribution in [2.45, 2.75) is 31.0 Å². The molecular formula is C19H20O7S. The molecule has 0 aliphatic carbocycles. The van der Waals surface area contributed by atoms with Gasteiger partial charge in [-0.3, -0.25) is 4.79 Å².